The summed E-state index contributed by atoms with van der Waals surface area (Å²) in [7, 11) is 0. The molecule has 0 radical (unpaired) electrons. The summed E-state index contributed by atoms with van der Waals surface area (Å²) in [5.74, 6) is -0.717. The lowest BCUT2D eigenvalue weighted by atomic mass is 10.1. The standard InChI is InChI=1S/C9H10BrNO3/c1-4-2-5(6(12)3-11)9(14)7(10)8(4)13/h2,13-14H,3,11H2,1H3. The van der Waals surface area contributed by atoms with Crippen LogP contribution in [0, 0.1) is 6.92 Å². The summed E-state index contributed by atoms with van der Waals surface area (Å²) in [6.45, 7) is 1.46. The molecular weight excluding hydrogens is 250 g/mol. The predicted octanol–water partition coefficient (Wildman–Crippen LogP) is 1.31. The highest BCUT2D eigenvalue weighted by Gasteiger charge is 2.17. The van der Waals surface area contributed by atoms with Gasteiger partial charge in [0, 0.05) is 0 Å². The summed E-state index contributed by atoms with van der Waals surface area (Å²) < 4.78 is 0.120. The van der Waals surface area contributed by atoms with E-state index in [0.29, 0.717) is 5.56 Å². The van der Waals surface area contributed by atoms with Gasteiger partial charge >= 0.3 is 0 Å². The number of carbonyl (C=O) groups excluding carboxylic acids is 1. The molecule has 0 aliphatic rings. The van der Waals surface area contributed by atoms with Crippen LogP contribution in [0.25, 0.3) is 0 Å². The highest BCUT2D eigenvalue weighted by Crippen LogP contribution is 2.38. The van der Waals surface area contributed by atoms with Crippen LogP contribution in [0.2, 0.25) is 0 Å². The van der Waals surface area contributed by atoms with Crippen LogP contribution >= 0.6 is 15.9 Å². The first kappa shape index (κ1) is 11.0. The molecule has 1 rings (SSSR count). The Morgan fingerprint density at radius 3 is 2.57 bits per heavy atom. The van der Waals surface area contributed by atoms with E-state index in [1.54, 1.807) is 6.92 Å². The highest BCUT2D eigenvalue weighted by molar-refractivity contribution is 9.10. The number of rotatable bonds is 2. The lowest BCUT2D eigenvalue weighted by molar-refractivity contribution is 0.0998. The summed E-state index contributed by atoms with van der Waals surface area (Å²) in [4.78, 5) is 11.3. The molecule has 0 saturated heterocycles. The molecule has 4 nitrogen and oxygen atoms in total. The fraction of sp³-hybridized carbons (Fsp3) is 0.222. The van der Waals surface area contributed by atoms with Crippen molar-refractivity contribution in [2.45, 2.75) is 6.92 Å². The molecule has 0 aliphatic carbocycles. The molecule has 0 fully saturated rings. The van der Waals surface area contributed by atoms with E-state index >= 15 is 0 Å². The van der Waals surface area contributed by atoms with Gasteiger partial charge in [0.1, 0.15) is 16.0 Å². The molecule has 76 valence electrons. The Labute approximate surface area is 89.5 Å². The molecule has 14 heavy (non-hydrogen) atoms. The molecule has 0 aliphatic heterocycles. The lowest BCUT2D eigenvalue weighted by Gasteiger charge is -2.08. The van der Waals surface area contributed by atoms with E-state index < -0.39 is 0 Å². The van der Waals surface area contributed by atoms with Gasteiger partial charge in [-0.15, -0.1) is 0 Å². The first-order valence-electron chi connectivity index (χ1n) is 3.93. The Balaban J connectivity index is 3.40. The number of carbonyl (C=O) groups is 1. The summed E-state index contributed by atoms with van der Waals surface area (Å²) in [6.07, 6.45) is 0. The van der Waals surface area contributed by atoms with Crippen LogP contribution in [0.4, 0.5) is 0 Å². The van der Waals surface area contributed by atoms with Gasteiger partial charge in [0.05, 0.1) is 12.1 Å². The van der Waals surface area contributed by atoms with Crippen molar-refractivity contribution in [2.75, 3.05) is 6.54 Å². The van der Waals surface area contributed by atoms with Crippen LogP contribution in [0.1, 0.15) is 15.9 Å². The third-order valence-corrected chi connectivity index (χ3v) is 2.64. The quantitative estimate of drug-likeness (QED) is 0.700. The number of phenols is 2. The molecule has 0 unspecified atom stereocenters. The third kappa shape index (κ3) is 1.73. The second-order valence-electron chi connectivity index (χ2n) is 2.88. The smallest absolute Gasteiger partial charge is 0.180 e. The number of phenolic OH excluding ortho intramolecular Hbond substituents is 2. The fourth-order valence-corrected chi connectivity index (χ4v) is 1.61. The first-order chi connectivity index (χ1) is 6.49. The monoisotopic (exact) mass is 259 g/mol. The summed E-state index contributed by atoms with van der Waals surface area (Å²) in [5, 5.41) is 18.9. The topological polar surface area (TPSA) is 83.6 Å². The van der Waals surface area contributed by atoms with Gasteiger partial charge in [-0.2, -0.15) is 0 Å². The molecule has 0 heterocycles. The third-order valence-electron chi connectivity index (χ3n) is 1.89. The van der Waals surface area contributed by atoms with Gasteiger partial charge in [-0.1, -0.05) is 0 Å². The highest BCUT2D eigenvalue weighted by atomic mass is 79.9. The zero-order valence-electron chi connectivity index (χ0n) is 7.54. The summed E-state index contributed by atoms with van der Waals surface area (Å²) >= 11 is 2.99. The molecule has 4 N–H and O–H groups in total. The van der Waals surface area contributed by atoms with E-state index in [9.17, 15) is 15.0 Å². The number of Topliss-reactive ketones (excluding diaryl/α,β-unsaturated/α-hetero) is 1. The van der Waals surface area contributed by atoms with E-state index in [4.69, 9.17) is 5.73 Å². The zero-order valence-corrected chi connectivity index (χ0v) is 9.13. The maximum Gasteiger partial charge on any atom is 0.180 e. The average molecular weight is 260 g/mol. The average Bonchev–Trinajstić information content (AvgIpc) is 2.19. The number of hydrogen-bond donors (Lipinski definition) is 3. The summed E-state index contributed by atoms with van der Waals surface area (Å²) in [6, 6.07) is 1.41. The Morgan fingerprint density at radius 2 is 2.07 bits per heavy atom. The number of ketones is 1. The molecular formula is C9H10BrNO3. The molecule has 0 atom stereocenters. The second-order valence-corrected chi connectivity index (χ2v) is 3.67. The molecule has 0 saturated carbocycles. The van der Waals surface area contributed by atoms with Gasteiger partial charge in [-0.05, 0) is 34.5 Å². The number of hydrogen-bond acceptors (Lipinski definition) is 4. The molecule has 5 heteroatoms. The van der Waals surface area contributed by atoms with Gasteiger partial charge in [-0.25, -0.2) is 0 Å². The van der Waals surface area contributed by atoms with Crippen molar-refractivity contribution in [3.8, 4) is 11.5 Å². The van der Waals surface area contributed by atoms with Gasteiger partial charge in [0.25, 0.3) is 0 Å². The zero-order chi connectivity index (χ0) is 10.9. The van der Waals surface area contributed by atoms with E-state index in [1.807, 2.05) is 0 Å². The molecule has 0 spiro atoms. The van der Waals surface area contributed by atoms with Crippen LogP contribution in [0.5, 0.6) is 11.5 Å². The van der Waals surface area contributed by atoms with Crippen LogP contribution in [0.15, 0.2) is 10.5 Å². The van der Waals surface area contributed by atoms with E-state index in [2.05, 4.69) is 15.9 Å². The molecule has 1 aromatic carbocycles. The van der Waals surface area contributed by atoms with E-state index in [-0.39, 0.29) is 33.9 Å². The van der Waals surface area contributed by atoms with E-state index in [0.717, 1.165) is 0 Å². The van der Waals surface area contributed by atoms with Crippen molar-refractivity contribution in [1.82, 2.24) is 0 Å². The Morgan fingerprint density at radius 1 is 1.50 bits per heavy atom. The number of aryl methyl sites for hydroxylation is 1. The number of benzene rings is 1. The van der Waals surface area contributed by atoms with Crippen LogP contribution < -0.4 is 5.73 Å². The largest absolute Gasteiger partial charge is 0.506 e. The molecule has 0 bridgehead atoms. The molecule has 0 aromatic heterocycles. The van der Waals surface area contributed by atoms with Crippen molar-refractivity contribution in [2.24, 2.45) is 5.73 Å². The Hall–Kier alpha value is -1.07. The number of halogens is 1. The van der Waals surface area contributed by atoms with Crippen LogP contribution in [0.3, 0.4) is 0 Å². The molecule has 1 aromatic rings. The second kappa shape index (κ2) is 3.98. The van der Waals surface area contributed by atoms with Gasteiger partial charge in [-0.3, -0.25) is 4.79 Å². The van der Waals surface area contributed by atoms with E-state index in [1.165, 1.54) is 6.07 Å². The normalized spacial score (nSPS) is 10.2. The molecule has 0 amide bonds. The first-order valence-corrected chi connectivity index (χ1v) is 4.72. The van der Waals surface area contributed by atoms with Crippen molar-refractivity contribution in [3.63, 3.8) is 0 Å². The maximum atomic E-state index is 11.3. The van der Waals surface area contributed by atoms with Crippen LogP contribution in [-0.2, 0) is 0 Å². The van der Waals surface area contributed by atoms with Gasteiger partial charge in [0.2, 0.25) is 0 Å². The Bertz CT molecular complexity index is 390. The van der Waals surface area contributed by atoms with Crippen molar-refractivity contribution in [3.05, 3.63) is 21.7 Å². The predicted molar refractivity (Wildman–Crippen MR) is 55.6 cm³/mol. The number of nitrogens with two attached hydrogens (primary N) is 1. The SMILES string of the molecule is Cc1cc(C(=O)CN)c(O)c(Br)c1O. The summed E-state index contributed by atoms with van der Waals surface area (Å²) in [5.41, 5.74) is 5.80. The van der Waals surface area contributed by atoms with Crippen molar-refractivity contribution < 1.29 is 15.0 Å². The van der Waals surface area contributed by atoms with Gasteiger partial charge in [0.15, 0.2) is 5.78 Å². The minimum absolute atomic E-state index is 0.0731. The van der Waals surface area contributed by atoms with Crippen LogP contribution in [-0.4, -0.2) is 22.5 Å². The van der Waals surface area contributed by atoms with Crippen molar-refractivity contribution >= 4 is 21.7 Å². The number of aromatic hydroxyl groups is 2. The van der Waals surface area contributed by atoms with Gasteiger partial charge < -0.3 is 15.9 Å². The minimum atomic E-state index is -0.369. The fourth-order valence-electron chi connectivity index (χ4n) is 1.08. The minimum Gasteiger partial charge on any atom is -0.506 e. The van der Waals surface area contributed by atoms with Crippen molar-refractivity contribution in [1.29, 1.82) is 0 Å². The lowest BCUT2D eigenvalue weighted by Crippen LogP contribution is -2.14. The maximum absolute atomic E-state index is 11.3. The Kier molecular flexibility index (Phi) is 3.13.